The van der Waals surface area contributed by atoms with Gasteiger partial charge in [0.25, 0.3) is 0 Å². The standard InChI is InChI=1S/C17H34N2/c1-4-11-17(2,3)19-13-8-12-18-16(14-19)15-9-6-5-7-10-15/h15-16,18H,4-14H2,1-3H3. The summed E-state index contributed by atoms with van der Waals surface area (Å²) >= 11 is 0. The Morgan fingerprint density at radius 1 is 1.11 bits per heavy atom. The van der Waals surface area contributed by atoms with Gasteiger partial charge in [-0.15, -0.1) is 0 Å². The Kier molecular flexibility index (Phi) is 5.70. The van der Waals surface area contributed by atoms with Crippen molar-refractivity contribution >= 4 is 0 Å². The van der Waals surface area contributed by atoms with E-state index in [1.54, 1.807) is 0 Å². The van der Waals surface area contributed by atoms with Crippen LogP contribution in [0.5, 0.6) is 0 Å². The Morgan fingerprint density at radius 2 is 1.84 bits per heavy atom. The van der Waals surface area contributed by atoms with Gasteiger partial charge in [0.05, 0.1) is 0 Å². The summed E-state index contributed by atoms with van der Waals surface area (Å²) in [4.78, 5) is 2.77. The molecule has 0 aromatic heterocycles. The predicted molar refractivity (Wildman–Crippen MR) is 83.5 cm³/mol. The van der Waals surface area contributed by atoms with Crippen LogP contribution in [0.4, 0.5) is 0 Å². The van der Waals surface area contributed by atoms with Crippen molar-refractivity contribution in [2.24, 2.45) is 5.92 Å². The van der Waals surface area contributed by atoms with Crippen LogP contribution in [-0.2, 0) is 0 Å². The molecule has 0 bridgehead atoms. The Balaban J connectivity index is 1.97. The maximum atomic E-state index is 3.85. The van der Waals surface area contributed by atoms with Crippen molar-refractivity contribution in [1.29, 1.82) is 0 Å². The molecule has 1 N–H and O–H groups in total. The van der Waals surface area contributed by atoms with Gasteiger partial charge >= 0.3 is 0 Å². The van der Waals surface area contributed by atoms with E-state index >= 15 is 0 Å². The van der Waals surface area contributed by atoms with Crippen molar-refractivity contribution in [3.63, 3.8) is 0 Å². The van der Waals surface area contributed by atoms with E-state index < -0.39 is 0 Å². The summed E-state index contributed by atoms with van der Waals surface area (Å²) in [6, 6.07) is 0.749. The molecule has 0 radical (unpaired) electrons. The molecule has 0 aromatic carbocycles. The van der Waals surface area contributed by atoms with Crippen LogP contribution in [-0.4, -0.2) is 36.1 Å². The number of rotatable bonds is 4. The van der Waals surface area contributed by atoms with Gasteiger partial charge in [-0.3, -0.25) is 4.90 Å². The van der Waals surface area contributed by atoms with Gasteiger partial charge in [0.2, 0.25) is 0 Å². The second kappa shape index (κ2) is 7.08. The van der Waals surface area contributed by atoms with Crippen LogP contribution in [0, 0.1) is 5.92 Å². The molecule has 2 heteroatoms. The van der Waals surface area contributed by atoms with Crippen molar-refractivity contribution in [3.8, 4) is 0 Å². The smallest absolute Gasteiger partial charge is 0.0223 e. The number of hydrogen-bond donors (Lipinski definition) is 1. The molecule has 0 spiro atoms. The van der Waals surface area contributed by atoms with E-state index in [-0.39, 0.29) is 0 Å². The highest BCUT2D eigenvalue weighted by molar-refractivity contribution is 4.90. The Morgan fingerprint density at radius 3 is 2.53 bits per heavy atom. The largest absolute Gasteiger partial charge is 0.312 e. The van der Waals surface area contributed by atoms with Crippen LogP contribution in [0.15, 0.2) is 0 Å². The van der Waals surface area contributed by atoms with Gasteiger partial charge in [-0.2, -0.15) is 0 Å². The summed E-state index contributed by atoms with van der Waals surface area (Å²) in [6.45, 7) is 11.0. The van der Waals surface area contributed by atoms with E-state index in [0.717, 1.165) is 12.0 Å². The Hall–Kier alpha value is -0.0800. The second-order valence-electron chi connectivity index (χ2n) is 7.32. The normalized spacial score (nSPS) is 28.3. The van der Waals surface area contributed by atoms with Crippen molar-refractivity contribution in [3.05, 3.63) is 0 Å². The van der Waals surface area contributed by atoms with Gasteiger partial charge in [-0.1, -0.05) is 32.6 Å². The zero-order chi connectivity index (χ0) is 13.7. The zero-order valence-corrected chi connectivity index (χ0v) is 13.4. The molecule has 1 atom stereocenters. The first-order chi connectivity index (χ1) is 9.13. The molecule has 2 nitrogen and oxygen atoms in total. The highest BCUT2D eigenvalue weighted by Gasteiger charge is 2.32. The third kappa shape index (κ3) is 4.19. The molecule has 2 rings (SSSR count). The lowest BCUT2D eigenvalue weighted by Gasteiger charge is -2.41. The fourth-order valence-corrected chi connectivity index (χ4v) is 4.12. The number of nitrogens with zero attached hydrogens (tertiary/aromatic N) is 1. The summed E-state index contributed by atoms with van der Waals surface area (Å²) in [6.07, 6.45) is 11.2. The topological polar surface area (TPSA) is 15.3 Å². The van der Waals surface area contributed by atoms with E-state index in [0.29, 0.717) is 5.54 Å². The molecule has 1 saturated heterocycles. The van der Waals surface area contributed by atoms with Crippen molar-refractivity contribution in [2.75, 3.05) is 19.6 Å². The molecular weight excluding hydrogens is 232 g/mol. The summed E-state index contributed by atoms with van der Waals surface area (Å²) in [5.41, 5.74) is 0.383. The van der Waals surface area contributed by atoms with Gasteiger partial charge in [0.15, 0.2) is 0 Å². The number of hydrogen-bond acceptors (Lipinski definition) is 2. The molecule has 0 amide bonds. The molecule has 0 aromatic rings. The molecule has 1 aliphatic heterocycles. The van der Waals surface area contributed by atoms with Crippen LogP contribution in [0.1, 0.15) is 72.1 Å². The average molecular weight is 266 g/mol. The Labute approximate surface area is 120 Å². The summed E-state index contributed by atoms with van der Waals surface area (Å²) in [7, 11) is 0. The van der Waals surface area contributed by atoms with E-state index in [4.69, 9.17) is 0 Å². The van der Waals surface area contributed by atoms with E-state index in [1.165, 1.54) is 71.0 Å². The predicted octanol–water partition coefficient (Wildman–Crippen LogP) is 3.81. The summed E-state index contributed by atoms with van der Waals surface area (Å²) in [5, 5.41) is 3.85. The quantitative estimate of drug-likeness (QED) is 0.832. The van der Waals surface area contributed by atoms with Crippen LogP contribution in [0.2, 0.25) is 0 Å². The van der Waals surface area contributed by atoms with E-state index in [9.17, 15) is 0 Å². The lowest BCUT2D eigenvalue weighted by atomic mass is 9.83. The van der Waals surface area contributed by atoms with Crippen molar-refractivity contribution < 1.29 is 0 Å². The van der Waals surface area contributed by atoms with Crippen LogP contribution >= 0.6 is 0 Å². The van der Waals surface area contributed by atoms with Gasteiger partial charge in [0, 0.05) is 18.1 Å². The lowest BCUT2D eigenvalue weighted by Crippen LogP contribution is -2.50. The van der Waals surface area contributed by atoms with Crippen LogP contribution in [0.3, 0.4) is 0 Å². The highest BCUT2D eigenvalue weighted by Crippen LogP contribution is 2.30. The Bertz CT molecular complexity index is 256. The van der Waals surface area contributed by atoms with Gasteiger partial charge < -0.3 is 5.32 Å². The third-order valence-corrected chi connectivity index (χ3v) is 5.37. The van der Waals surface area contributed by atoms with Gasteiger partial charge in [0.1, 0.15) is 0 Å². The summed E-state index contributed by atoms with van der Waals surface area (Å²) in [5.74, 6) is 0.937. The van der Waals surface area contributed by atoms with Gasteiger partial charge in [-0.05, 0) is 58.5 Å². The SMILES string of the molecule is CCCC(C)(C)N1CCCNC(C2CCCCC2)C1. The molecule has 2 aliphatic rings. The second-order valence-corrected chi connectivity index (χ2v) is 7.32. The van der Waals surface area contributed by atoms with Crippen molar-refractivity contribution in [1.82, 2.24) is 10.2 Å². The molecule has 1 heterocycles. The van der Waals surface area contributed by atoms with E-state index in [2.05, 4.69) is 31.0 Å². The first-order valence-electron chi connectivity index (χ1n) is 8.62. The number of nitrogens with one attached hydrogen (secondary N) is 1. The maximum Gasteiger partial charge on any atom is 0.0223 e. The lowest BCUT2D eigenvalue weighted by molar-refractivity contribution is 0.0938. The van der Waals surface area contributed by atoms with E-state index in [1.807, 2.05) is 0 Å². The fraction of sp³-hybridized carbons (Fsp3) is 1.00. The minimum atomic E-state index is 0.383. The first kappa shape index (κ1) is 15.3. The van der Waals surface area contributed by atoms with Crippen molar-refractivity contribution in [2.45, 2.75) is 83.7 Å². The van der Waals surface area contributed by atoms with Crippen LogP contribution < -0.4 is 5.32 Å². The molecule has 1 unspecified atom stereocenters. The highest BCUT2D eigenvalue weighted by atomic mass is 15.2. The molecule has 112 valence electrons. The first-order valence-corrected chi connectivity index (χ1v) is 8.62. The van der Waals surface area contributed by atoms with Crippen LogP contribution in [0.25, 0.3) is 0 Å². The molecule has 1 saturated carbocycles. The van der Waals surface area contributed by atoms with Gasteiger partial charge in [-0.25, -0.2) is 0 Å². The third-order valence-electron chi connectivity index (χ3n) is 5.37. The monoisotopic (exact) mass is 266 g/mol. The minimum absolute atomic E-state index is 0.383. The average Bonchev–Trinajstić information content (AvgIpc) is 2.66. The molecule has 2 fully saturated rings. The minimum Gasteiger partial charge on any atom is -0.312 e. The molecule has 19 heavy (non-hydrogen) atoms. The maximum absolute atomic E-state index is 3.85. The fourth-order valence-electron chi connectivity index (χ4n) is 4.12. The zero-order valence-electron chi connectivity index (χ0n) is 13.4. The summed E-state index contributed by atoms with van der Waals surface area (Å²) < 4.78 is 0. The molecular formula is C17H34N2. The molecule has 1 aliphatic carbocycles.